The Balaban J connectivity index is 1.80. The number of aromatic nitrogens is 1. The summed E-state index contributed by atoms with van der Waals surface area (Å²) >= 11 is 5.97. The molecule has 2 fully saturated rings. The number of hydrogen-bond acceptors (Lipinski definition) is 3. The molecule has 0 spiro atoms. The van der Waals surface area contributed by atoms with Gasteiger partial charge in [-0.1, -0.05) is 11.6 Å². The maximum atomic E-state index is 12.8. The number of rotatable bonds is 2. The van der Waals surface area contributed by atoms with Gasteiger partial charge in [0.25, 0.3) is 0 Å². The quantitative estimate of drug-likeness (QED) is 0.854. The first kappa shape index (κ1) is 13.5. The Morgan fingerprint density at radius 3 is 2.50 bits per heavy atom. The summed E-state index contributed by atoms with van der Waals surface area (Å²) in [4.78, 5) is 18.7. The molecule has 2 aromatic rings. The van der Waals surface area contributed by atoms with E-state index in [1.807, 2.05) is 46.3 Å². The molecule has 0 aliphatic carbocycles. The summed E-state index contributed by atoms with van der Waals surface area (Å²) in [6.07, 6.45) is 4.40. The summed E-state index contributed by atoms with van der Waals surface area (Å²) in [7, 11) is 0. The molecule has 112 valence electrons. The lowest BCUT2D eigenvalue weighted by Gasteiger charge is -2.27. The van der Waals surface area contributed by atoms with E-state index >= 15 is 0 Å². The van der Waals surface area contributed by atoms with Gasteiger partial charge in [-0.25, -0.2) is 4.79 Å². The molecule has 6 heteroatoms. The number of halogens is 1. The van der Waals surface area contributed by atoms with Gasteiger partial charge in [-0.05, 0) is 48.4 Å². The first-order valence-electron chi connectivity index (χ1n) is 7.28. The van der Waals surface area contributed by atoms with Crippen molar-refractivity contribution in [1.29, 1.82) is 0 Å². The zero-order chi connectivity index (χ0) is 15.1. The van der Waals surface area contributed by atoms with Crippen LogP contribution in [0.25, 0.3) is 0 Å². The van der Waals surface area contributed by atoms with Gasteiger partial charge in [-0.15, -0.1) is 0 Å². The van der Waals surface area contributed by atoms with Crippen LogP contribution in [0.4, 0.5) is 10.5 Å². The zero-order valence-electron chi connectivity index (χ0n) is 11.9. The summed E-state index contributed by atoms with van der Waals surface area (Å²) in [6.45, 7) is 1.65. The second-order valence-electron chi connectivity index (χ2n) is 5.42. The van der Waals surface area contributed by atoms with E-state index in [2.05, 4.69) is 9.99 Å². The molecule has 0 radical (unpaired) electrons. The average molecular weight is 315 g/mol. The molecule has 2 aliphatic heterocycles. The predicted molar refractivity (Wildman–Crippen MR) is 84.3 cm³/mol. The predicted octanol–water partition coefficient (Wildman–Crippen LogP) is 3.30. The Morgan fingerprint density at radius 2 is 1.77 bits per heavy atom. The summed E-state index contributed by atoms with van der Waals surface area (Å²) < 4.78 is 0. The molecular weight excluding hydrogens is 300 g/mol. The van der Waals surface area contributed by atoms with Crippen LogP contribution in [0.3, 0.4) is 0 Å². The minimum atomic E-state index is -0.126. The zero-order valence-corrected chi connectivity index (χ0v) is 12.6. The molecule has 1 unspecified atom stereocenters. The van der Waals surface area contributed by atoms with Gasteiger partial charge in [0.15, 0.2) is 0 Å². The molecule has 4 rings (SSSR count). The lowest BCUT2D eigenvalue weighted by atomic mass is 10.1. The Bertz CT molecular complexity index is 691. The molecule has 0 saturated carbocycles. The third kappa shape index (κ3) is 2.05. The summed E-state index contributed by atoms with van der Waals surface area (Å²) in [5.74, 6) is 0. The van der Waals surface area contributed by atoms with E-state index < -0.39 is 0 Å². The van der Waals surface area contributed by atoms with Crippen LogP contribution in [-0.2, 0) is 0 Å². The monoisotopic (exact) mass is 314 g/mol. The van der Waals surface area contributed by atoms with Crippen molar-refractivity contribution in [3.8, 4) is 0 Å². The van der Waals surface area contributed by atoms with Crippen molar-refractivity contribution >= 4 is 23.3 Å². The van der Waals surface area contributed by atoms with Crippen LogP contribution in [-0.4, -0.2) is 34.1 Å². The van der Waals surface area contributed by atoms with E-state index in [1.165, 1.54) is 0 Å². The Morgan fingerprint density at radius 1 is 1.05 bits per heavy atom. The number of fused-ring (bicyclic) bond motifs is 1. The fourth-order valence-corrected chi connectivity index (χ4v) is 3.29. The lowest BCUT2D eigenvalue weighted by Crippen LogP contribution is -2.32. The fourth-order valence-electron chi connectivity index (χ4n) is 3.16. The third-order valence-electron chi connectivity index (χ3n) is 4.13. The van der Waals surface area contributed by atoms with Crippen molar-refractivity contribution in [3.63, 3.8) is 0 Å². The maximum Gasteiger partial charge on any atom is 0.340 e. The topological polar surface area (TPSA) is 39.7 Å². The van der Waals surface area contributed by atoms with Crippen LogP contribution < -0.4 is 4.90 Å². The Hall–Kier alpha value is -2.11. The minimum absolute atomic E-state index is 0.0154. The Kier molecular flexibility index (Phi) is 3.24. The van der Waals surface area contributed by atoms with E-state index in [0.717, 1.165) is 30.8 Å². The van der Waals surface area contributed by atoms with Crippen LogP contribution in [0.1, 0.15) is 18.2 Å². The molecule has 1 aromatic heterocycles. The van der Waals surface area contributed by atoms with Crippen LogP contribution in [0.5, 0.6) is 0 Å². The average Bonchev–Trinajstić information content (AvgIpc) is 3.12. The van der Waals surface area contributed by atoms with Gasteiger partial charge in [0.1, 0.15) is 6.17 Å². The molecule has 2 saturated heterocycles. The van der Waals surface area contributed by atoms with Crippen LogP contribution in [0, 0.1) is 0 Å². The molecule has 5 nitrogen and oxygen atoms in total. The number of urea groups is 1. The SMILES string of the molecule is O=C1N(c2ccc(Cl)cc2)C(c2ccncc2)N2CCCN12. The highest BCUT2D eigenvalue weighted by atomic mass is 35.5. The van der Waals surface area contributed by atoms with Crippen LogP contribution in [0.15, 0.2) is 48.8 Å². The number of pyridine rings is 1. The molecule has 2 aliphatic rings. The summed E-state index contributed by atoms with van der Waals surface area (Å²) in [5, 5.41) is 4.63. The summed E-state index contributed by atoms with van der Waals surface area (Å²) in [5.41, 5.74) is 1.91. The highest BCUT2D eigenvalue weighted by molar-refractivity contribution is 6.30. The van der Waals surface area contributed by atoms with Crippen molar-refractivity contribution in [2.45, 2.75) is 12.6 Å². The molecule has 2 amide bonds. The molecule has 22 heavy (non-hydrogen) atoms. The maximum absolute atomic E-state index is 12.8. The van der Waals surface area contributed by atoms with Crippen LogP contribution in [0.2, 0.25) is 5.02 Å². The molecule has 0 bridgehead atoms. The van der Waals surface area contributed by atoms with Crippen molar-refractivity contribution in [3.05, 3.63) is 59.4 Å². The largest absolute Gasteiger partial charge is 0.340 e. The van der Waals surface area contributed by atoms with Gasteiger partial charge in [-0.2, -0.15) is 5.01 Å². The number of anilines is 1. The number of amides is 2. The fraction of sp³-hybridized carbons (Fsp3) is 0.250. The number of hydrazine groups is 1. The molecule has 0 N–H and O–H groups in total. The van der Waals surface area contributed by atoms with Crippen molar-refractivity contribution in [2.75, 3.05) is 18.0 Å². The van der Waals surface area contributed by atoms with Gasteiger partial charge in [-0.3, -0.25) is 14.9 Å². The summed E-state index contributed by atoms with van der Waals surface area (Å²) in [6, 6.07) is 11.3. The number of hydrogen-bond donors (Lipinski definition) is 0. The first-order chi connectivity index (χ1) is 10.8. The van der Waals surface area contributed by atoms with E-state index in [1.54, 1.807) is 12.4 Å². The number of carbonyl (C=O) groups excluding carboxylic acids is 1. The second-order valence-corrected chi connectivity index (χ2v) is 5.86. The normalized spacial score (nSPS) is 21.5. The lowest BCUT2D eigenvalue weighted by molar-refractivity contribution is 0.0727. The van der Waals surface area contributed by atoms with Gasteiger partial charge in [0.05, 0.1) is 0 Å². The molecule has 1 atom stereocenters. The number of benzene rings is 1. The van der Waals surface area contributed by atoms with Crippen molar-refractivity contribution < 1.29 is 4.79 Å². The van der Waals surface area contributed by atoms with E-state index in [0.29, 0.717) is 5.02 Å². The second kappa shape index (κ2) is 5.26. The van der Waals surface area contributed by atoms with E-state index in [4.69, 9.17) is 11.6 Å². The molecular formula is C16H15ClN4O. The highest BCUT2D eigenvalue weighted by Crippen LogP contribution is 2.40. The van der Waals surface area contributed by atoms with Crippen molar-refractivity contribution in [1.82, 2.24) is 15.0 Å². The van der Waals surface area contributed by atoms with Gasteiger partial charge in [0.2, 0.25) is 0 Å². The van der Waals surface area contributed by atoms with Gasteiger partial charge in [0, 0.05) is 36.2 Å². The first-order valence-corrected chi connectivity index (χ1v) is 7.66. The number of carbonyl (C=O) groups is 1. The third-order valence-corrected chi connectivity index (χ3v) is 4.38. The molecule has 1 aromatic carbocycles. The highest BCUT2D eigenvalue weighted by Gasteiger charge is 2.47. The van der Waals surface area contributed by atoms with E-state index in [-0.39, 0.29) is 12.2 Å². The van der Waals surface area contributed by atoms with Crippen molar-refractivity contribution in [2.24, 2.45) is 0 Å². The standard InChI is InChI=1S/C16H15ClN4O/c17-13-2-4-14(5-3-13)21-15(12-6-8-18-9-7-12)19-10-1-11-20(19)16(21)22/h2-9,15H,1,10-11H2. The van der Waals surface area contributed by atoms with Gasteiger partial charge < -0.3 is 0 Å². The van der Waals surface area contributed by atoms with E-state index in [9.17, 15) is 4.79 Å². The smallest absolute Gasteiger partial charge is 0.271 e. The number of nitrogens with zero attached hydrogens (tertiary/aromatic N) is 4. The molecule has 3 heterocycles. The van der Waals surface area contributed by atoms with Crippen LogP contribution >= 0.6 is 11.6 Å². The Labute approximate surface area is 133 Å². The van der Waals surface area contributed by atoms with Gasteiger partial charge >= 0.3 is 6.03 Å². The minimum Gasteiger partial charge on any atom is -0.271 e.